The molecule has 4 rings (SSSR count). The normalized spacial score (nSPS) is 13.9. The zero-order valence-electron chi connectivity index (χ0n) is 17.6. The molecular formula is C24H29N5S. The molecule has 5 nitrogen and oxygen atoms in total. The monoisotopic (exact) mass is 419 g/mol. The van der Waals surface area contributed by atoms with Crippen LogP contribution in [0.2, 0.25) is 0 Å². The first-order valence-corrected chi connectivity index (χ1v) is 10.9. The fraction of sp³-hybridized carbons (Fsp3) is 0.333. The molecule has 156 valence electrons. The van der Waals surface area contributed by atoms with Crippen molar-refractivity contribution >= 4 is 17.9 Å². The molecule has 6 heteroatoms. The van der Waals surface area contributed by atoms with E-state index in [9.17, 15) is 0 Å². The van der Waals surface area contributed by atoms with Gasteiger partial charge in [0.05, 0.1) is 6.67 Å². The van der Waals surface area contributed by atoms with E-state index in [1.54, 1.807) is 0 Å². The Balaban J connectivity index is 1.56. The molecule has 2 aromatic carbocycles. The summed E-state index contributed by atoms with van der Waals surface area (Å²) in [4.78, 5) is 4.77. The molecule has 0 saturated carbocycles. The molecule has 1 saturated heterocycles. The first-order chi connectivity index (χ1) is 14.7. The zero-order chi connectivity index (χ0) is 20.9. The molecule has 3 aromatic rings. The molecule has 0 bridgehead atoms. The lowest BCUT2D eigenvalue weighted by atomic mass is 10.1. The summed E-state index contributed by atoms with van der Waals surface area (Å²) in [6.07, 6.45) is 4.43. The first kappa shape index (κ1) is 20.6. The summed E-state index contributed by atoms with van der Waals surface area (Å²) in [6.45, 7) is 8.32. The molecule has 0 N–H and O–H groups in total. The third kappa shape index (κ3) is 4.40. The van der Waals surface area contributed by atoms with Gasteiger partial charge in [-0.25, -0.2) is 4.68 Å². The zero-order valence-corrected chi connectivity index (χ0v) is 18.4. The Kier molecular flexibility index (Phi) is 6.45. The molecule has 0 unspecified atom stereocenters. The molecule has 1 fully saturated rings. The Bertz CT molecular complexity index is 1050. The fourth-order valence-electron chi connectivity index (χ4n) is 4.11. The van der Waals surface area contributed by atoms with Crippen LogP contribution in [0, 0.1) is 4.77 Å². The van der Waals surface area contributed by atoms with E-state index in [1.165, 1.54) is 24.1 Å². The van der Waals surface area contributed by atoms with Gasteiger partial charge in [-0.3, -0.25) is 9.47 Å². The number of aromatic nitrogens is 3. The molecule has 2 heterocycles. The van der Waals surface area contributed by atoms with E-state index >= 15 is 0 Å². The fourth-order valence-corrected chi connectivity index (χ4v) is 4.37. The van der Waals surface area contributed by atoms with Crippen LogP contribution in [0.4, 0.5) is 5.69 Å². The molecule has 1 aromatic heterocycles. The van der Waals surface area contributed by atoms with Gasteiger partial charge in [-0.15, -0.1) is 6.58 Å². The second-order valence-electron chi connectivity index (χ2n) is 7.85. The van der Waals surface area contributed by atoms with Crippen molar-refractivity contribution in [1.29, 1.82) is 0 Å². The summed E-state index contributed by atoms with van der Waals surface area (Å²) in [5.74, 6) is 0.881. The number of anilines is 1. The Hall–Kier alpha value is -2.70. The van der Waals surface area contributed by atoms with Gasteiger partial charge in [-0.05, 0) is 43.7 Å². The van der Waals surface area contributed by atoms with E-state index in [0.717, 1.165) is 31.0 Å². The van der Waals surface area contributed by atoms with Crippen LogP contribution in [-0.4, -0.2) is 39.4 Å². The highest BCUT2D eigenvalue weighted by atomic mass is 32.1. The summed E-state index contributed by atoms with van der Waals surface area (Å²) in [5.41, 5.74) is 3.76. The van der Waals surface area contributed by atoms with Crippen LogP contribution in [0.25, 0.3) is 11.4 Å². The van der Waals surface area contributed by atoms with E-state index in [-0.39, 0.29) is 0 Å². The van der Waals surface area contributed by atoms with Gasteiger partial charge in [-0.2, -0.15) is 5.10 Å². The molecule has 30 heavy (non-hydrogen) atoms. The lowest BCUT2D eigenvalue weighted by Crippen LogP contribution is -2.25. The van der Waals surface area contributed by atoms with Crippen molar-refractivity contribution in [2.75, 3.05) is 25.0 Å². The van der Waals surface area contributed by atoms with E-state index in [1.807, 2.05) is 33.5 Å². The molecule has 0 amide bonds. The molecule has 0 spiro atoms. The summed E-state index contributed by atoms with van der Waals surface area (Å²) in [6, 6.07) is 18.9. The lowest BCUT2D eigenvalue weighted by molar-refractivity contribution is 0.244. The number of hydrogen-bond acceptors (Lipinski definition) is 4. The van der Waals surface area contributed by atoms with E-state index in [0.29, 0.717) is 18.0 Å². The summed E-state index contributed by atoms with van der Waals surface area (Å²) in [7, 11) is 2.12. The number of nitrogens with zero attached hydrogens (tertiary/aromatic N) is 5. The van der Waals surface area contributed by atoms with Gasteiger partial charge in [-0.1, -0.05) is 54.6 Å². The van der Waals surface area contributed by atoms with Crippen molar-refractivity contribution < 1.29 is 0 Å². The largest absolute Gasteiger partial charge is 0.371 e. The Morgan fingerprint density at radius 1 is 1.07 bits per heavy atom. The third-order valence-electron chi connectivity index (χ3n) is 5.52. The van der Waals surface area contributed by atoms with Gasteiger partial charge in [0.2, 0.25) is 0 Å². The van der Waals surface area contributed by atoms with E-state index < -0.39 is 0 Å². The highest BCUT2D eigenvalue weighted by Gasteiger charge is 2.17. The third-order valence-corrected chi connectivity index (χ3v) is 5.95. The highest BCUT2D eigenvalue weighted by molar-refractivity contribution is 7.71. The average molecular weight is 420 g/mol. The topological polar surface area (TPSA) is 29.2 Å². The summed E-state index contributed by atoms with van der Waals surface area (Å²) >= 11 is 5.76. The van der Waals surface area contributed by atoms with Crippen molar-refractivity contribution in [3.05, 3.63) is 77.6 Å². The van der Waals surface area contributed by atoms with E-state index in [2.05, 4.69) is 59.8 Å². The van der Waals surface area contributed by atoms with Crippen molar-refractivity contribution in [1.82, 2.24) is 19.2 Å². The lowest BCUT2D eigenvalue weighted by Gasteiger charge is -2.24. The van der Waals surface area contributed by atoms with Gasteiger partial charge in [0, 0.05) is 37.4 Å². The molecular weight excluding hydrogens is 390 g/mol. The van der Waals surface area contributed by atoms with Crippen LogP contribution < -0.4 is 4.90 Å². The first-order valence-electron chi connectivity index (χ1n) is 10.5. The van der Waals surface area contributed by atoms with Gasteiger partial charge in [0.1, 0.15) is 0 Å². The number of benzene rings is 2. The SMILES string of the molecule is C=CCn1c(-c2ccccc2)nn(CN(C)Cc2ccccc2N2CCCC2)c1=S. The molecule has 1 aliphatic heterocycles. The second kappa shape index (κ2) is 9.41. The van der Waals surface area contributed by atoms with Crippen LogP contribution in [0.5, 0.6) is 0 Å². The summed E-state index contributed by atoms with van der Waals surface area (Å²) < 4.78 is 4.68. The number of para-hydroxylation sites is 1. The molecule has 0 atom stereocenters. The van der Waals surface area contributed by atoms with Gasteiger partial charge < -0.3 is 4.90 Å². The minimum absolute atomic E-state index is 0.636. The van der Waals surface area contributed by atoms with Crippen molar-refractivity contribution in [2.24, 2.45) is 0 Å². The maximum absolute atomic E-state index is 5.76. The van der Waals surface area contributed by atoms with Crippen molar-refractivity contribution in [3.63, 3.8) is 0 Å². The van der Waals surface area contributed by atoms with Crippen LogP contribution in [0.3, 0.4) is 0 Å². The average Bonchev–Trinajstić information content (AvgIpc) is 3.40. The number of hydrogen-bond donors (Lipinski definition) is 0. The second-order valence-corrected chi connectivity index (χ2v) is 8.21. The van der Waals surface area contributed by atoms with Crippen molar-refractivity contribution in [2.45, 2.75) is 32.6 Å². The van der Waals surface area contributed by atoms with Crippen LogP contribution >= 0.6 is 12.2 Å². The van der Waals surface area contributed by atoms with E-state index in [4.69, 9.17) is 17.3 Å². The predicted octanol–water partition coefficient (Wildman–Crippen LogP) is 4.96. The van der Waals surface area contributed by atoms with Gasteiger partial charge in [0.15, 0.2) is 10.6 Å². The van der Waals surface area contributed by atoms with Crippen LogP contribution in [0.15, 0.2) is 67.3 Å². The Labute approximate surface area is 183 Å². The minimum atomic E-state index is 0.636. The summed E-state index contributed by atoms with van der Waals surface area (Å²) in [5, 5.41) is 4.86. The molecule has 0 aliphatic carbocycles. The predicted molar refractivity (Wildman–Crippen MR) is 126 cm³/mol. The van der Waals surface area contributed by atoms with Gasteiger partial charge in [0.25, 0.3) is 0 Å². The smallest absolute Gasteiger partial charge is 0.199 e. The number of rotatable bonds is 8. The number of allylic oxidation sites excluding steroid dienone is 1. The van der Waals surface area contributed by atoms with Crippen LogP contribution in [0.1, 0.15) is 18.4 Å². The highest BCUT2D eigenvalue weighted by Crippen LogP contribution is 2.25. The van der Waals surface area contributed by atoms with Crippen LogP contribution in [-0.2, 0) is 19.8 Å². The quantitative estimate of drug-likeness (QED) is 0.381. The standard InChI is InChI=1S/C24H29N5S/c1-3-15-28-23(20-11-5-4-6-12-20)25-29(24(28)30)19-26(2)18-21-13-7-8-14-22(21)27-16-9-10-17-27/h3-8,11-14H,1,9-10,15-19H2,2H3. The Morgan fingerprint density at radius 2 is 1.77 bits per heavy atom. The minimum Gasteiger partial charge on any atom is -0.371 e. The maximum Gasteiger partial charge on any atom is 0.199 e. The van der Waals surface area contributed by atoms with Crippen molar-refractivity contribution in [3.8, 4) is 11.4 Å². The maximum atomic E-state index is 5.76. The molecule has 1 aliphatic rings. The van der Waals surface area contributed by atoms with Gasteiger partial charge >= 0.3 is 0 Å². The Morgan fingerprint density at radius 3 is 2.50 bits per heavy atom. The molecule has 0 radical (unpaired) electrons.